The van der Waals surface area contributed by atoms with Crippen LogP contribution in [0.3, 0.4) is 0 Å². The minimum Gasteiger partial charge on any atom is -0.378 e. The third-order valence-electron chi connectivity index (χ3n) is 3.37. The van der Waals surface area contributed by atoms with E-state index in [0.29, 0.717) is 12.1 Å². The fourth-order valence-electron chi connectivity index (χ4n) is 1.87. The number of likely N-dealkylation sites (N-methyl/N-ethyl adjacent to an activating group) is 1. The molecule has 2 rings (SSSR count). The third kappa shape index (κ3) is 3.80. The zero-order valence-corrected chi connectivity index (χ0v) is 10.7. The van der Waals surface area contributed by atoms with Gasteiger partial charge in [0, 0.05) is 19.1 Å². The summed E-state index contributed by atoms with van der Waals surface area (Å²) in [6.07, 6.45) is 0. The molecule has 3 nitrogen and oxygen atoms in total. The summed E-state index contributed by atoms with van der Waals surface area (Å²) in [6.45, 7) is 6.03. The monoisotopic (exact) mass is 234 g/mol. The molecule has 1 unspecified atom stereocenters. The number of benzene rings is 1. The van der Waals surface area contributed by atoms with Gasteiger partial charge in [0.15, 0.2) is 0 Å². The molecule has 1 fully saturated rings. The second kappa shape index (κ2) is 6.15. The Morgan fingerprint density at radius 3 is 2.65 bits per heavy atom. The van der Waals surface area contributed by atoms with Gasteiger partial charge in [0.25, 0.3) is 0 Å². The molecule has 0 aliphatic carbocycles. The van der Waals surface area contributed by atoms with Crippen LogP contribution in [0, 0.1) is 0 Å². The lowest BCUT2D eigenvalue weighted by Crippen LogP contribution is -2.50. The molecule has 1 aromatic carbocycles. The Morgan fingerprint density at radius 2 is 2.06 bits per heavy atom. The summed E-state index contributed by atoms with van der Waals surface area (Å²) in [4.78, 5) is 2.38. The van der Waals surface area contributed by atoms with Crippen LogP contribution in [-0.2, 0) is 11.3 Å². The van der Waals surface area contributed by atoms with E-state index in [1.54, 1.807) is 0 Å². The van der Waals surface area contributed by atoms with Gasteiger partial charge in [-0.05, 0) is 19.5 Å². The highest BCUT2D eigenvalue weighted by molar-refractivity contribution is 5.14. The molecule has 17 heavy (non-hydrogen) atoms. The van der Waals surface area contributed by atoms with Gasteiger partial charge in [-0.25, -0.2) is 0 Å². The Hall–Kier alpha value is -0.900. The van der Waals surface area contributed by atoms with Crippen molar-refractivity contribution >= 4 is 0 Å². The second-order valence-electron chi connectivity index (χ2n) is 4.89. The van der Waals surface area contributed by atoms with Gasteiger partial charge < -0.3 is 10.1 Å². The SMILES string of the molecule is CC(CNC1COC1)N(C)Cc1ccccc1. The maximum atomic E-state index is 5.15. The van der Waals surface area contributed by atoms with E-state index in [2.05, 4.69) is 54.5 Å². The largest absolute Gasteiger partial charge is 0.378 e. The van der Waals surface area contributed by atoms with Gasteiger partial charge in [0.05, 0.1) is 19.3 Å². The van der Waals surface area contributed by atoms with Gasteiger partial charge in [-0.1, -0.05) is 30.3 Å². The van der Waals surface area contributed by atoms with Gasteiger partial charge in [-0.15, -0.1) is 0 Å². The molecule has 1 aromatic rings. The van der Waals surface area contributed by atoms with Crippen LogP contribution < -0.4 is 5.32 Å². The molecule has 1 N–H and O–H groups in total. The van der Waals surface area contributed by atoms with Crippen LogP contribution in [0.4, 0.5) is 0 Å². The molecule has 94 valence electrons. The number of nitrogens with zero attached hydrogens (tertiary/aromatic N) is 1. The minimum atomic E-state index is 0.538. The van der Waals surface area contributed by atoms with Crippen molar-refractivity contribution < 1.29 is 4.74 Å². The van der Waals surface area contributed by atoms with Crippen molar-refractivity contribution in [2.75, 3.05) is 26.8 Å². The molecular formula is C14H22N2O. The number of nitrogens with one attached hydrogen (secondary N) is 1. The first-order valence-electron chi connectivity index (χ1n) is 6.31. The van der Waals surface area contributed by atoms with Gasteiger partial charge in [0.2, 0.25) is 0 Å². The van der Waals surface area contributed by atoms with E-state index in [9.17, 15) is 0 Å². The average molecular weight is 234 g/mol. The summed E-state index contributed by atoms with van der Waals surface area (Å²) in [5.41, 5.74) is 1.37. The molecule has 1 saturated heterocycles. The first kappa shape index (κ1) is 12.6. The van der Waals surface area contributed by atoms with Gasteiger partial charge in [-0.2, -0.15) is 0 Å². The number of rotatable bonds is 6. The smallest absolute Gasteiger partial charge is 0.0643 e. The van der Waals surface area contributed by atoms with Crippen molar-refractivity contribution in [2.24, 2.45) is 0 Å². The Kier molecular flexibility index (Phi) is 4.54. The molecule has 0 spiro atoms. The van der Waals surface area contributed by atoms with Crippen LogP contribution in [0.5, 0.6) is 0 Å². The highest BCUT2D eigenvalue weighted by atomic mass is 16.5. The maximum Gasteiger partial charge on any atom is 0.0643 e. The van der Waals surface area contributed by atoms with E-state index in [4.69, 9.17) is 4.74 Å². The lowest BCUT2D eigenvalue weighted by Gasteiger charge is -2.31. The Bertz CT molecular complexity index is 324. The predicted octanol–water partition coefficient (Wildman–Crippen LogP) is 1.50. The molecular weight excluding hydrogens is 212 g/mol. The summed E-state index contributed by atoms with van der Waals surface area (Å²) < 4.78 is 5.15. The molecule has 1 heterocycles. The van der Waals surface area contributed by atoms with Gasteiger partial charge in [0.1, 0.15) is 0 Å². The summed E-state index contributed by atoms with van der Waals surface area (Å²) in [6, 6.07) is 11.7. The number of hydrogen-bond donors (Lipinski definition) is 1. The van der Waals surface area contributed by atoms with Gasteiger partial charge >= 0.3 is 0 Å². The lowest BCUT2D eigenvalue weighted by molar-refractivity contribution is -0.00725. The van der Waals surface area contributed by atoms with Crippen LogP contribution in [0.15, 0.2) is 30.3 Å². The zero-order valence-electron chi connectivity index (χ0n) is 10.7. The van der Waals surface area contributed by atoms with Crippen molar-refractivity contribution in [2.45, 2.75) is 25.6 Å². The first-order chi connectivity index (χ1) is 8.25. The normalized spacial score (nSPS) is 18.1. The van der Waals surface area contributed by atoms with E-state index in [1.165, 1.54) is 5.56 Å². The van der Waals surface area contributed by atoms with Crippen molar-refractivity contribution in [1.82, 2.24) is 10.2 Å². The van der Waals surface area contributed by atoms with Crippen molar-refractivity contribution in [3.63, 3.8) is 0 Å². The van der Waals surface area contributed by atoms with E-state index in [-0.39, 0.29) is 0 Å². The molecule has 0 bridgehead atoms. The molecule has 1 atom stereocenters. The molecule has 0 radical (unpaired) electrons. The molecule has 3 heteroatoms. The highest BCUT2D eigenvalue weighted by Crippen LogP contribution is 2.06. The fraction of sp³-hybridized carbons (Fsp3) is 0.571. The second-order valence-corrected chi connectivity index (χ2v) is 4.89. The Balaban J connectivity index is 1.72. The Morgan fingerprint density at radius 1 is 1.35 bits per heavy atom. The van der Waals surface area contributed by atoms with E-state index >= 15 is 0 Å². The lowest BCUT2D eigenvalue weighted by atomic mass is 10.2. The van der Waals surface area contributed by atoms with Crippen LogP contribution in [0.2, 0.25) is 0 Å². The van der Waals surface area contributed by atoms with Crippen molar-refractivity contribution in [3.8, 4) is 0 Å². The fourth-order valence-corrected chi connectivity index (χ4v) is 1.87. The Labute approximate surface area is 104 Å². The summed E-state index contributed by atoms with van der Waals surface area (Å²) in [7, 11) is 2.18. The predicted molar refractivity (Wildman–Crippen MR) is 70.0 cm³/mol. The molecule has 1 aliphatic rings. The standard InChI is InChI=1S/C14H22N2O/c1-12(8-15-14-10-17-11-14)16(2)9-13-6-4-3-5-7-13/h3-7,12,14-15H,8-11H2,1-2H3. The van der Waals surface area contributed by atoms with E-state index in [0.717, 1.165) is 26.3 Å². The molecule has 0 saturated carbocycles. The van der Waals surface area contributed by atoms with Gasteiger partial charge in [-0.3, -0.25) is 4.90 Å². The van der Waals surface area contributed by atoms with Crippen molar-refractivity contribution in [3.05, 3.63) is 35.9 Å². The average Bonchev–Trinajstić information content (AvgIpc) is 2.28. The summed E-state index contributed by atoms with van der Waals surface area (Å²) in [5.74, 6) is 0. The quantitative estimate of drug-likeness (QED) is 0.807. The maximum absolute atomic E-state index is 5.15. The topological polar surface area (TPSA) is 24.5 Å². The first-order valence-corrected chi connectivity index (χ1v) is 6.31. The van der Waals surface area contributed by atoms with E-state index < -0.39 is 0 Å². The van der Waals surface area contributed by atoms with Crippen LogP contribution in [-0.4, -0.2) is 43.8 Å². The van der Waals surface area contributed by atoms with Crippen LogP contribution in [0.25, 0.3) is 0 Å². The zero-order chi connectivity index (χ0) is 12.1. The highest BCUT2D eigenvalue weighted by Gasteiger charge is 2.19. The molecule has 0 amide bonds. The van der Waals surface area contributed by atoms with Crippen LogP contribution >= 0.6 is 0 Å². The summed E-state index contributed by atoms with van der Waals surface area (Å²) in [5, 5.41) is 3.52. The molecule has 1 aliphatic heterocycles. The summed E-state index contributed by atoms with van der Waals surface area (Å²) >= 11 is 0. The molecule has 0 aromatic heterocycles. The minimum absolute atomic E-state index is 0.538. The third-order valence-corrected chi connectivity index (χ3v) is 3.37. The number of hydrogen-bond acceptors (Lipinski definition) is 3. The van der Waals surface area contributed by atoms with Crippen molar-refractivity contribution in [1.29, 1.82) is 0 Å². The number of ether oxygens (including phenoxy) is 1. The van der Waals surface area contributed by atoms with Crippen LogP contribution in [0.1, 0.15) is 12.5 Å². The van der Waals surface area contributed by atoms with E-state index in [1.807, 2.05) is 0 Å².